The van der Waals surface area contributed by atoms with Crippen LogP contribution in [-0.4, -0.2) is 15.0 Å². The Morgan fingerprint density at radius 1 is 1.40 bits per heavy atom. The van der Waals surface area contributed by atoms with Gasteiger partial charge in [-0.1, -0.05) is 23.7 Å². The van der Waals surface area contributed by atoms with Crippen LogP contribution in [0.3, 0.4) is 0 Å². The molecule has 0 aromatic rings. The molecule has 0 saturated carbocycles. The first kappa shape index (κ1) is 9.84. The van der Waals surface area contributed by atoms with Crippen molar-refractivity contribution in [2.24, 2.45) is 0 Å². The minimum Gasteiger partial charge on any atom is -0.188 e. The Kier molecular flexibility index (Phi) is 4.55. The van der Waals surface area contributed by atoms with Gasteiger partial charge < -0.3 is 0 Å². The minimum absolute atomic E-state index is 0.201. The molecule has 0 heterocycles. The van der Waals surface area contributed by atoms with Gasteiger partial charge in [0.15, 0.2) is 0 Å². The average Bonchev–Trinajstić information content (AvgIpc) is 1.78. The molecule has 3 nitrogen and oxygen atoms in total. The summed E-state index contributed by atoms with van der Waals surface area (Å²) in [6, 6.07) is 0. The standard InChI is InChI=1S/C5H12FNO2S/c1-2-3-4-5-7-10(6,8)9/h7H,2-5H2,1H3. The van der Waals surface area contributed by atoms with Gasteiger partial charge in [0.2, 0.25) is 0 Å². The number of unbranched alkanes of at least 4 members (excludes halogenated alkanes) is 2. The molecule has 0 aliphatic carbocycles. The molecule has 0 aromatic heterocycles. The molecular weight excluding hydrogens is 157 g/mol. The molecule has 0 spiro atoms. The third-order valence-electron chi connectivity index (χ3n) is 1.05. The van der Waals surface area contributed by atoms with Gasteiger partial charge in [-0.2, -0.15) is 13.1 Å². The Balaban J connectivity index is 3.21. The van der Waals surface area contributed by atoms with E-state index in [1.165, 1.54) is 0 Å². The van der Waals surface area contributed by atoms with Crippen LogP contribution in [-0.2, 0) is 10.4 Å². The van der Waals surface area contributed by atoms with E-state index in [9.17, 15) is 12.3 Å². The van der Waals surface area contributed by atoms with Crippen LogP contribution in [0.5, 0.6) is 0 Å². The number of rotatable bonds is 5. The summed E-state index contributed by atoms with van der Waals surface area (Å²) >= 11 is 0. The molecule has 0 aliphatic rings. The summed E-state index contributed by atoms with van der Waals surface area (Å²) in [5, 5.41) is 0. The van der Waals surface area contributed by atoms with Crippen molar-refractivity contribution in [1.29, 1.82) is 0 Å². The normalized spacial score (nSPS) is 11.8. The van der Waals surface area contributed by atoms with Crippen molar-refractivity contribution in [3.63, 3.8) is 0 Å². The zero-order valence-corrected chi connectivity index (χ0v) is 6.75. The topological polar surface area (TPSA) is 46.2 Å². The van der Waals surface area contributed by atoms with Crippen LogP contribution in [0.25, 0.3) is 0 Å². The number of hydrogen-bond donors (Lipinski definition) is 1. The molecule has 0 unspecified atom stereocenters. The monoisotopic (exact) mass is 169 g/mol. The third kappa shape index (κ3) is 7.84. The van der Waals surface area contributed by atoms with Crippen LogP contribution in [0.4, 0.5) is 3.89 Å². The highest BCUT2D eigenvalue weighted by molar-refractivity contribution is 7.84. The highest BCUT2D eigenvalue weighted by Gasteiger charge is 2.02. The van der Waals surface area contributed by atoms with Gasteiger partial charge in [0, 0.05) is 6.54 Å². The zero-order valence-electron chi connectivity index (χ0n) is 5.93. The third-order valence-corrected chi connectivity index (χ3v) is 1.60. The lowest BCUT2D eigenvalue weighted by molar-refractivity contribution is 0.531. The second-order valence-electron chi connectivity index (χ2n) is 2.04. The van der Waals surface area contributed by atoms with Gasteiger partial charge in [0.25, 0.3) is 0 Å². The van der Waals surface area contributed by atoms with Crippen molar-refractivity contribution in [2.75, 3.05) is 6.54 Å². The van der Waals surface area contributed by atoms with Gasteiger partial charge in [-0.25, -0.2) is 0 Å². The quantitative estimate of drug-likeness (QED) is 0.492. The van der Waals surface area contributed by atoms with Crippen LogP contribution in [0.15, 0.2) is 0 Å². The largest absolute Gasteiger partial charge is 0.372 e. The highest BCUT2D eigenvalue weighted by atomic mass is 32.3. The summed E-state index contributed by atoms with van der Waals surface area (Å²) in [5.74, 6) is 0. The molecule has 10 heavy (non-hydrogen) atoms. The number of halogens is 1. The summed E-state index contributed by atoms with van der Waals surface area (Å²) in [6.07, 6.45) is 2.61. The van der Waals surface area contributed by atoms with E-state index in [0.29, 0.717) is 6.42 Å². The number of hydrogen-bond acceptors (Lipinski definition) is 2. The van der Waals surface area contributed by atoms with E-state index in [-0.39, 0.29) is 6.54 Å². The molecule has 0 rings (SSSR count). The summed E-state index contributed by atoms with van der Waals surface area (Å²) in [7, 11) is -4.45. The van der Waals surface area contributed by atoms with Crippen molar-refractivity contribution < 1.29 is 12.3 Å². The van der Waals surface area contributed by atoms with Crippen molar-refractivity contribution in [3.8, 4) is 0 Å². The molecule has 0 bridgehead atoms. The second kappa shape index (κ2) is 4.62. The van der Waals surface area contributed by atoms with Crippen molar-refractivity contribution in [1.82, 2.24) is 4.72 Å². The first-order valence-electron chi connectivity index (χ1n) is 3.25. The van der Waals surface area contributed by atoms with E-state index in [0.717, 1.165) is 12.8 Å². The van der Waals surface area contributed by atoms with Crippen LogP contribution in [0.1, 0.15) is 26.2 Å². The van der Waals surface area contributed by atoms with E-state index in [1.54, 1.807) is 4.72 Å². The van der Waals surface area contributed by atoms with Crippen molar-refractivity contribution >= 4 is 10.4 Å². The van der Waals surface area contributed by atoms with E-state index in [4.69, 9.17) is 0 Å². The summed E-state index contributed by atoms with van der Waals surface area (Å²) in [5.41, 5.74) is 0. The Morgan fingerprint density at radius 2 is 2.00 bits per heavy atom. The lowest BCUT2D eigenvalue weighted by Crippen LogP contribution is -2.19. The molecular formula is C5H12FNO2S. The zero-order chi connectivity index (χ0) is 8.04. The van der Waals surface area contributed by atoms with Gasteiger partial charge in [0.1, 0.15) is 0 Å². The molecule has 0 aliphatic heterocycles. The maximum Gasteiger partial charge on any atom is 0.372 e. The van der Waals surface area contributed by atoms with Crippen molar-refractivity contribution in [3.05, 3.63) is 0 Å². The maximum absolute atomic E-state index is 11.7. The molecule has 1 N–H and O–H groups in total. The second-order valence-corrected chi connectivity index (χ2v) is 3.20. The average molecular weight is 169 g/mol. The Labute approximate surface area is 61.0 Å². The fraction of sp³-hybridized carbons (Fsp3) is 1.00. The summed E-state index contributed by atoms with van der Waals surface area (Å²) in [6.45, 7) is 2.19. The Morgan fingerprint density at radius 3 is 2.40 bits per heavy atom. The van der Waals surface area contributed by atoms with Crippen LogP contribution in [0.2, 0.25) is 0 Å². The molecule has 5 heteroatoms. The maximum atomic E-state index is 11.7. The lowest BCUT2D eigenvalue weighted by Gasteiger charge is -1.96. The summed E-state index contributed by atoms with van der Waals surface area (Å²) < 4.78 is 33.1. The van der Waals surface area contributed by atoms with Crippen LogP contribution < -0.4 is 4.72 Å². The number of nitrogens with one attached hydrogen (secondary N) is 1. The molecule has 62 valence electrons. The van der Waals surface area contributed by atoms with Gasteiger partial charge in [0.05, 0.1) is 0 Å². The van der Waals surface area contributed by atoms with Gasteiger partial charge in [-0.15, -0.1) is 0 Å². The lowest BCUT2D eigenvalue weighted by atomic mass is 10.3. The Bertz CT molecular complexity index is 166. The highest BCUT2D eigenvalue weighted by Crippen LogP contribution is 1.92. The van der Waals surface area contributed by atoms with Gasteiger partial charge in [-0.05, 0) is 6.42 Å². The summed E-state index contributed by atoms with van der Waals surface area (Å²) in [4.78, 5) is 0. The van der Waals surface area contributed by atoms with E-state index >= 15 is 0 Å². The first-order chi connectivity index (χ1) is 4.56. The van der Waals surface area contributed by atoms with E-state index in [1.807, 2.05) is 6.92 Å². The van der Waals surface area contributed by atoms with Crippen LogP contribution in [0, 0.1) is 0 Å². The first-order valence-corrected chi connectivity index (χ1v) is 4.64. The smallest absolute Gasteiger partial charge is 0.188 e. The SMILES string of the molecule is CCCCCNS(=O)(=O)F. The molecule has 0 fully saturated rings. The fourth-order valence-corrected chi connectivity index (χ4v) is 0.957. The molecule has 0 amide bonds. The van der Waals surface area contributed by atoms with E-state index < -0.39 is 10.4 Å². The Hall–Kier alpha value is -0.160. The van der Waals surface area contributed by atoms with Gasteiger partial charge in [-0.3, -0.25) is 0 Å². The van der Waals surface area contributed by atoms with Crippen LogP contribution >= 0.6 is 0 Å². The van der Waals surface area contributed by atoms with Gasteiger partial charge >= 0.3 is 10.4 Å². The predicted molar refractivity (Wildman–Crippen MR) is 37.6 cm³/mol. The molecule has 0 saturated heterocycles. The molecule has 0 aromatic carbocycles. The van der Waals surface area contributed by atoms with Crippen molar-refractivity contribution in [2.45, 2.75) is 26.2 Å². The fourth-order valence-electron chi connectivity index (χ4n) is 0.569. The predicted octanol–water partition coefficient (Wildman–Crippen LogP) is 0.981. The molecule has 0 atom stereocenters. The minimum atomic E-state index is -4.45. The molecule has 0 radical (unpaired) electrons. The van der Waals surface area contributed by atoms with E-state index in [2.05, 4.69) is 0 Å².